The summed E-state index contributed by atoms with van der Waals surface area (Å²) in [7, 11) is 1.59. The van der Waals surface area contributed by atoms with Gasteiger partial charge >= 0.3 is 0 Å². The Morgan fingerprint density at radius 2 is 1.65 bits per heavy atom. The maximum Gasteiger partial charge on any atom is 0.267 e. The molecule has 1 N–H and O–H groups in total. The number of nitrogens with one attached hydrogen (secondary N) is 1. The van der Waals surface area contributed by atoms with Crippen LogP contribution in [0.25, 0.3) is 22.5 Å². The van der Waals surface area contributed by atoms with Crippen LogP contribution in [-0.2, 0) is 9.63 Å². The van der Waals surface area contributed by atoms with Crippen molar-refractivity contribution >= 4 is 18.0 Å². The van der Waals surface area contributed by atoms with Crippen LogP contribution in [0, 0.1) is 11.3 Å². The van der Waals surface area contributed by atoms with Gasteiger partial charge in [0, 0.05) is 11.1 Å². The van der Waals surface area contributed by atoms with Crippen LogP contribution in [0.5, 0.6) is 5.75 Å². The molecular weight excluding hydrogens is 430 g/mol. The lowest BCUT2D eigenvalue weighted by atomic mass is 9.98. The summed E-state index contributed by atoms with van der Waals surface area (Å²) in [5.41, 5.74) is 3.24. The molecule has 0 fully saturated rings. The van der Waals surface area contributed by atoms with Crippen molar-refractivity contribution in [2.75, 3.05) is 19.0 Å². The molecule has 7 nitrogen and oxygen atoms in total. The summed E-state index contributed by atoms with van der Waals surface area (Å²) < 4.78 is 11.1. The van der Waals surface area contributed by atoms with Crippen LogP contribution < -0.4 is 10.1 Å². The second kappa shape index (κ2) is 10.7. The second-order valence-corrected chi connectivity index (χ2v) is 7.18. The van der Waals surface area contributed by atoms with E-state index in [1.807, 2.05) is 72.8 Å². The molecule has 0 aliphatic heterocycles. The van der Waals surface area contributed by atoms with Crippen molar-refractivity contribution in [3.05, 3.63) is 96.1 Å². The number of amides is 1. The van der Waals surface area contributed by atoms with Gasteiger partial charge in [-0.25, -0.2) is 0 Å². The third-order valence-corrected chi connectivity index (χ3v) is 4.96. The second-order valence-electron chi connectivity index (χ2n) is 7.18. The number of benzene rings is 3. The Labute approximate surface area is 196 Å². The van der Waals surface area contributed by atoms with Gasteiger partial charge < -0.3 is 14.0 Å². The van der Waals surface area contributed by atoms with Gasteiger partial charge in [-0.3, -0.25) is 10.1 Å². The molecule has 34 heavy (non-hydrogen) atoms. The molecular formula is C27H21N3O4. The van der Waals surface area contributed by atoms with Crippen molar-refractivity contribution in [1.82, 2.24) is 0 Å². The SMILES string of the molecule is COc1ccc(/C=N\OCC(=O)Nc2oc(-c3ccccc3)c(-c3ccccc3)c2C#N)cc1. The van der Waals surface area contributed by atoms with E-state index in [0.29, 0.717) is 11.3 Å². The quantitative estimate of drug-likeness (QED) is 0.282. The number of furan rings is 1. The lowest BCUT2D eigenvalue weighted by Gasteiger charge is -2.03. The average molecular weight is 451 g/mol. The molecule has 0 aliphatic rings. The molecule has 4 rings (SSSR count). The minimum Gasteiger partial charge on any atom is -0.497 e. The number of nitrogens with zero attached hydrogens (tertiary/aromatic N) is 2. The Morgan fingerprint density at radius 1 is 1.00 bits per heavy atom. The first-order chi connectivity index (χ1) is 16.7. The number of anilines is 1. The highest BCUT2D eigenvalue weighted by molar-refractivity contribution is 5.96. The fourth-order valence-corrected chi connectivity index (χ4v) is 3.35. The maximum absolute atomic E-state index is 12.5. The van der Waals surface area contributed by atoms with Crippen molar-refractivity contribution in [2.24, 2.45) is 5.16 Å². The fraction of sp³-hybridized carbons (Fsp3) is 0.0741. The van der Waals surface area contributed by atoms with Gasteiger partial charge in [-0.2, -0.15) is 5.26 Å². The predicted molar refractivity (Wildman–Crippen MR) is 129 cm³/mol. The first kappa shape index (κ1) is 22.4. The van der Waals surface area contributed by atoms with Crippen LogP contribution >= 0.6 is 0 Å². The van der Waals surface area contributed by atoms with Gasteiger partial charge in [0.1, 0.15) is 23.1 Å². The molecule has 1 aromatic heterocycles. The normalized spacial score (nSPS) is 10.6. The van der Waals surface area contributed by atoms with Crippen LogP contribution in [0.3, 0.4) is 0 Å². The molecule has 0 spiro atoms. The van der Waals surface area contributed by atoms with E-state index in [9.17, 15) is 10.1 Å². The van der Waals surface area contributed by atoms with Gasteiger partial charge in [0.15, 0.2) is 6.61 Å². The third-order valence-electron chi connectivity index (χ3n) is 4.96. The molecule has 0 unspecified atom stereocenters. The number of ether oxygens (including phenoxy) is 1. The largest absolute Gasteiger partial charge is 0.497 e. The highest BCUT2D eigenvalue weighted by Gasteiger charge is 2.24. The zero-order valence-electron chi connectivity index (χ0n) is 18.4. The third kappa shape index (κ3) is 5.14. The van der Waals surface area contributed by atoms with Crippen LogP contribution in [0.1, 0.15) is 11.1 Å². The molecule has 4 aromatic rings. The zero-order valence-corrected chi connectivity index (χ0v) is 18.4. The number of hydrogen-bond acceptors (Lipinski definition) is 6. The fourth-order valence-electron chi connectivity index (χ4n) is 3.35. The van der Waals surface area contributed by atoms with E-state index in [1.54, 1.807) is 19.2 Å². The number of carbonyl (C=O) groups is 1. The minimum absolute atomic E-state index is 0.0629. The first-order valence-electron chi connectivity index (χ1n) is 10.5. The Hall–Kier alpha value is -4.83. The van der Waals surface area contributed by atoms with Gasteiger partial charge in [-0.15, -0.1) is 0 Å². The lowest BCUT2D eigenvalue weighted by molar-refractivity contribution is -0.120. The smallest absolute Gasteiger partial charge is 0.267 e. The predicted octanol–water partition coefficient (Wildman–Crippen LogP) is 5.48. The molecule has 0 atom stereocenters. The molecule has 7 heteroatoms. The van der Waals surface area contributed by atoms with E-state index < -0.39 is 5.91 Å². The molecule has 0 aliphatic carbocycles. The molecule has 3 aromatic carbocycles. The van der Waals surface area contributed by atoms with E-state index in [-0.39, 0.29) is 18.1 Å². The van der Waals surface area contributed by atoms with E-state index in [2.05, 4.69) is 16.5 Å². The Morgan fingerprint density at radius 3 is 2.26 bits per heavy atom. The number of nitriles is 1. The maximum atomic E-state index is 12.5. The minimum atomic E-state index is -0.503. The van der Waals surface area contributed by atoms with Gasteiger partial charge in [0.05, 0.1) is 13.3 Å². The number of hydrogen-bond donors (Lipinski definition) is 1. The summed E-state index contributed by atoms with van der Waals surface area (Å²) >= 11 is 0. The van der Waals surface area contributed by atoms with Crippen molar-refractivity contribution in [2.45, 2.75) is 0 Å². The number of rotatable bonds is 8. The first-order valence-corrected chi connectivity index (χ1v) is 10.5. The molecule has 1 amide bonds. The van der Waals surface area contributed by atoms with Crippen molar-refractivity contribution < 1.29 is 18.8 Å². The summed E-state index contributed by atoms with van der Waals surface area (Å²) in [6, 6.07) is 28.2. The summed E-state index contributed by atoms with van der Waals surface area (Å²) in [6.45, 7) is -0.348. The van der Waals surface area contributed by atoms with Gasteiger partial charge in [-0.1, -0.05) is 65.8 Å². The zero-order chi connectivity index (χ0) is 23.8. The van der Waals surface area contributed by atoms with Gasteiger partial charge in [0.25, 0.3) is 5.91 Å². The van der Waals surface area contributed by atoms with E-state index >= 15 is 0 Å². The van der Waals surface area contributed by atoms with E-state index in [0.717, 1.165) is 22.4 Å². The highest BCUT2D eigenvalue weighted by Crippen LogP contribution is 2.41. The Kier molecular flexibility index (Phi) is 7.01. The average Bonchev–Trinajstić information content (AvgIpc) is 3.26. The topological polar surface area (TPSA) is 96.8 Å². The summed E-state index contributed by atoms with van der Waals surface area (Å²) in [5, 5.41) is 16.3. The molecule has 1 heterocycles. The molecule has 168 valence electrons. The van der Waals surface area contributed by atoms with Crippen LogP contribution in [0.15, 0.2) is 94.5 Å². The summed E-state index contributed by atoms with van der Waals surface area (Å²) in [4.78, 5) is 17.6. The molecule has 0 bridgehead atoms. The Bertz CT molecular complexity index is 1320. The van der Waals surface area contributed by atoms with E-state index in [4.69, 9.17) is 14.0 Å². The monoisotopic (exact) mass is 451 g/mol. The van der Waals surface area contributed by atoms with Gasteiger partial charge in [-0.05, 0) is 35.4 Å². The number of methoxy groups -OCH3 is 1. The molecule has 0 radical (unpaired) electrons. The van der Waals surface area contributed by atoms with Crippen molar-refractivity contribution in [3.63, 3.8) is 0 Å². The number of oxime groups is 1. The summed E-state index contributed by atoms with van der Waals surface area (Å²) in [5.74, 6) is 0.787. The van der Waals surface area contributed by atoms with Crippen LogP contribution in [0.2, 0.25) is 0 Å². The summed E-state index contributed by atoms with van der Waals surface area (Å²) in [6.07, 6.45) is 1.49. The standard InChI is InChI=1S/C27H21N3O4/c1-32-22-14-12-19(13-15-22)17-29-33-18-24(31)30-27-23(16-28)25(20-8-4-2-5-9-20)26(34-27)21-10-6-3-7-11-21/h2-15,17H,18H2,1H3,(H,30,31)/b29-17-. The molecule has 0 saturated heterocycles. The van der Waals surface area contributed by atoms with Crippen LogP contribution in [-0.4, -0.2) is 25.8 Å². The molecule has 0 saturated carbocycles. The number of carbonyl (C=O) groups excluding carboxylic acids is 1. The van der Waals surface area contributed by atoms with Gasteiger partial charge in [0.2, 0.25) is 5.88 Å². The highest BCUT2D eigenvalue weighted by atomic mass is 16.6. The van der Waals surface area contributed by atoms with Crippen molar-refractivity contribution in [3.8, 4) is 34.3 Å². The van der Waals surface area contributed by atoms with E-state index in [1.165, 1.54) is 6.21 Å². The Balaban J connectivity index is 1.52. The van der Waals surface area contributed by atoms with Crippen LogP contribution in [0.4, 0.5) is 5.88 Å². The van der Waals surface area contributed by atoms with Crippen molar-refractivity contribution in [1.29, 1.82) is 5.26 Å². The lowest BCUT2D eigenvalue weighted by Crippen LogP contribution is -2.17.